The monoisotopic (exact) mass is 660 g/mol. The number of aryl methyl sites for hydroxylation is 2. The van der Waals surface area contributed by atoms with E-state index in [0.29, 0.717) is 51.6 Å². The molecular weight excluding hydrogens is 612 g/mol. The van der Waals surface area contributed by atoms with Crippen LogP contribution in [0.1, 0.15) is 69.9 Å². The fourth-order valence-electron chi connectivity index (χ4n) is 6.69. The molecule has 0 radical (unpaired) electrons. The maximum atomic E-state index is 12.9. The average Bonchev–Trinajstić information content (AvgIpc) is 3.66. The van der Waals surface area contributed by atoms with Crippen LogP contribution in [0.3, 0.4) is 0 Å². The predicted octanol–water partition coefficient (Wildman–Crippen LogP) is 3.37. The van der Waals surface area contributed by atoms with Crippen LogP contribution in [0.25, 0.3) is 28.1 Å². The molecule has 4 aromatic rings. The van der Waals surface area contributed by atoms with Crippen LogP contribution in [0.2, 0.25) is 0 Å². The molecule has 6 rings (SSSR count). The number of fused-ring (bicyclic) bond motifs is 2. The largest absolute Gasteiger partial charge is 0.378 e. The number of piperazine rings is 1. The number of hydroxylamine groups is 1. The molecule has 0 unspecified atom stereocenters. The number of unbranched alkanes of at least 4 members (excludes halogenated alkanes) is 5. The standard InChI is InChI=1S/C34H48N10O4/c1-3-27-35-25-12-10-11-13-26(25)44(27)34-37-32-31(33(38-34)43-20-22-48-23-21-43)36-28(40(32)2)24-41-16-18-42(19-17-41)30(46)15-9-7-5-4-6-8-14-29(45)39-47/h10-13,47H,3-9,14-24H2,1-2H3,(H,39,45). The minimum atomic E-state index is -0.333. The molecule has 0 aliphatic carbocycles. The highest BCUT2D eigenvalue weighted by Gasteiger charge is 2.26. The summed E-state index contributed by atoms with van der Waals surface area (Å²) < 4.78 is 9.83. The lowest BCUT2D eigenvalue weighted by molar-refractivity contribution is -0.133. The molecule has 48 heavy (non-hydrogen) atoms. The first-order valence-corrected chi connectivity index (χ1v) is 17.4. The Morgan fingerprint density at radius 2 is 1.56 bits per heavy atom. The predicted molar refractivity (Wildman–Crippen MR) is 182 cm³/mol. The van der Waals surface area contributed by atoms with Gasteiger partial charge in [-0.2, -0.15) is 9.97 Å². The summed E-state index contributed by atoms with van der Waals surface area (Å²) in [6, 6.07) is 8.11. The molecule has 3 aromatic heterocycles. The number of anilines is 1. The number of hydrogen-bond acceptors (Lipinski definition) is 10. The Kier molecular flexibility index (Phi) is 11.1. The van der Waals surface area contributed by atoms with Crippen molar-refractivity contribution < 1.29 is 19.5 Å². The van der Waals surface area contributed by atoms with Crippen molar-refractivity contribution in [1.29, 1.82) is 0 Å². The molecule has 0 spiro atoms. The van der Waals surface area contributed by atoms with Crippen LogP contribution in [-0.4, -0.2) is 108 Å². The van der Waals surface area contributed by atoms with Gasteiger partial charge in [0.2, 0.25) is 17.8 Å². The molecule has 14 nitrogen and oxygen atoms in total. The Bertz CT molecular complexity index is 1700. The second-order valence-electron chi connectivity index (χ2n) is 12.7. The number of benzene rings is 1. The van der Waals surface area contributed by atoms with Gasteiger partial charge in [0.25, 0.3) is 0 Å². The van der Waals surface area contributed by atoms with E-state index in [4.69, 9.17) is 29.9 Å². The summed E-state index contributed by atoms with van der Waals surface area (Å²) in [5.41, 5.74) is 5.17. The number of imidazole rings is 2. The highest BCUT2D eigenvalue weighted by Crippen LogP contribution is 2.29. The maximum Gasteiger partial charge on any atom is 0.243 e. The Balaban J connectivity index is 1.10. The lowest BCUT2D eigenvalue weighted by atomic mass is 10.1. The lowest BCUT2D eigenvalue weighted by Gasteiger charge is -2.34. The second-order valence-corrected chi connectivity index (χ2v) is 12.7. The van der Waals surface area contributed by atoms with Crippen LogP contribution in [0.4, 0.5) is 5.82 Å². The van der Waals surface area contributed by atoms with Gasteiger partial charge < -0.3 is 19.1 Å². The third kappa shape index (κ3) is 7.61. The zero-order valence-corrected chi connectivity index (χ0v) is 28.2. The molecule has 258 valence electrons. The van der Waals surface area contributed by atoms with Crippen molar-refractivity contribution in [3.8, 4) is 5.95 Å². The van der Waals surface area contributed by atoms with Crippen molar-refractivity contribution in [2.24, 2.45) is 7.05 Å². The second kappa shape index (κ2) is 15.8. The number of para-hydroxylation sites is 2. The molecule has 2 saturated heterocycles. The number of carbonyl (C=O) groups is 2. The molecule has 0 bridgehead atoms. The van der Waals surface area contributed by atoms with E-state index in [-0.39, 0.29) is 11.8 Å². The van der Waals surface area contributed by atoms with E-state index >= 15 is 0 Å². The fourth-order valence-corrected chi connectivity index (χ4v) is 6.69. The van der Waals surface area contributed by atoms with Gasteiger partial charge in [0, 0.05) is 65.6 Å². The summed E-state index contributed by atoms with van der Waals surface area (Å²) in [5, 5.41) is 8.56. The fraction of sp³-hybridized carbons (Fsp3) is 0.588. The number of ether oxygens (including phenoxy) is 1. The van der Waals surface area contributed by atoms with Crippen LogP contribution < -0.4 is 10.4 Å². The third-order valence-electron chi connectivity index (χ3n) is 9.50. The van der Waals surface area contributed by atoms with Gasteiger partial charge in [0.1, 0.15) is 11.6 Å². The minimum Gasteiger partial charge on any atom is -0.378 e. The van der Waals surface area contributed by atoms with Crippen molar-refractivity contribution in [2.75, 3.05) is 57.4 Å². The molecule has 5 heterocycles. The number of rotatable bonds is 14. The first-order valence-electron chi connectivity index (χ1n) is 17.4. The molecule has 2 N–H and O–H groups in total. The minimum absolute atomic E-state index is 0.230. The van der Waals surface area contributed by atoms with Crippen LogP contribution in [0.15, 0.2) is 24.3 Å². The van der Waals surface area contributed by atoms with Gasteiger partial charge in [0.15, 0.2) is 17.0 Å². The quantitative estimate of drug-likeness (QED) is 0.117. The smallest absolute Gasteiger partial charge is 0.243 e. The number of carbonyl (C=O) groups excluding carboxylic acids is 2. The molecule has 2 aliphatic rings. The molecule has 0 atom stereocenters. The van der Waals surface area contributed by atoms with Crippen molar-refractivity contribution in [3.63, 3.8) is 0 Å². The van der Waals surface area contributed by atoms with Crippen LogP contribution in [0, 0.1) is 0 Å². The Hall–Kier alpha value is -4.14. The van der Waals surface area contributed by atoms with E-state index in [1.54, 1.807) is 5.48 Å². The summed E-state index contributed by atoms with van der Waals surface area (Å²) in [6.07, 6.45) is 7.41. The number of hydrogen-bond donors (Lipinski definition) is 2. The Labute approximate surface area is 281 Å². The third-order valence-corrected chi connectivity index (χ3v) is 9.50. The topological polar surface area (TPSA) is 147 Å². The summed E-state index contributed by atoms with van der Waals surface area (Å²) in [5.74, 6) is 3.16. The van der Waals surface area contributed by atoms with Gasteiger partial charge in [-0.05, 0) is 25.0 Å². The molecule has 2 fully saturated rings. The van der Waals surface area contributed by atoms with Gasteiger partial charge >= 0.3 is 0 Å². The van der Waals surface area contributed by atoms with E-state index < -0.39 is 0 Å². The first-order chi connectivity index (χ1) is 23.5. The zero-order chi connectivity index (χ0) is 33.5. The molecule has 2 amide bonds. The highest BCUT2D eigenvalue weighted by atomic mass is 16.5. The molecule has 14 heteroatoms. The van der Waals surface area contributed by atoms with Gasteiger partial charge in [-0.25, -0.2) is 15.4 Å². The maximum absolute atomic E-state index is 12.9. The zero-order valence-electron chi connectivity index (χ0n) is 28.2. The van der Waals surface area contributed by atoms with Crippen LogP contribution in [0.5, 0.6) is 0 Å². The molecule has 1 aromatic carbocycles. The van der Waals surface area contributed by atoms with Crippen molar-refractivity contribution in [1.82, 2.24) is 44.4 Å². The van der Waals surface area contributed by atoms with E-state index in [9.17, 15) is 9.59 Å². The van der Waals surface area contributed by atoms with E-state index in [2.05, 4.69) is 31.9 Å². The summed E-state index contributed by atoms with van der Waals surface area (Å²) in [6.45, 7) is 8.56. The SMILES string of the molecule is CCc1nc2ccccc2n1-c1nc(N2CCOCC2)c2nc(CN3CCN(C(=O)CCCCCCCCC(=O)NO)CC3)n(C)c2n1. The van der Waals surface area contributed by atoms with Gasteiger partial charge in [0.05, 0.1) is 30.8 Å². The van der Waals surface area contributed by atoms with Crippen molar-refractivity contribution in [2.45, 2.75) is 71.3 Å². The van der Waals surface area contributed by atoms with Gasteiger partial charge in [-0.3, -0.25) is 24.3 Å². The highest BCUT2D eigenvalue weighted by molar-refractivity contribution is 5.86. The Morgan fingerprint density at radius 3 is 2.29 bits per heavy atom. The van der Waals surface area contributed by atoms with Crippen LogP contribution in [-0.2, 0) is 34.3 Å². The normalized spacial score (nSPS) is 15.9. The van der Waals surface area contributed by atoms with E-state index in [1.165, 1.54) is 0 Å². The van der Waals surface area contributed by atoms with Gasteiger partial charge in [-0.1, -0.05) is 44.7 Å². The average molecular weight is 661 g/mol. The van der Waals surface area contributed by atoms with Crippen molar-refractivity contribution in [3.05, 3.63) is 35.9 Å². The van der Waals surface area contributed by atoms with Crippen molar-refractivity contribution >= 4 is 39.8 Å². The summed E-state index contributed by atoms with van der Waals surface area (Å²) >= 11 is 0. The molecule has 0 saturated carbocycles. The molecule has 2 aliphatic heterocycles. The number of nitrogens with zero attached hydrogens (tertiary/aromatic N) is 9. The summed E-state index contributed by atoms with van der Waals surface area (Å²) in [7, 11) is 2.03. The molecular formula is C34H48N10O4. The number of aromatic nitrogens is 6. The number of nitrogens with one attached hydrogen (secondary N) is 1. The van der Waals surface area contributed by atoms with Crippen LogP contribution >= 0.6 is 0 Å². The van der Waals surface area contributed by atoms with Gasteiger partial charge in [-0.15, -0.1) is 0 Å². The van der Waals surface area contributed by atoms with E-state index in [0.717, 1.165) is 111 Å². The summed E-state index contributed by atoms with van der Waals surface area (Å²) in [4.78, 5) is 50.8. The first kappa shape index (κ1) is 33.7. The lowest BCUT2D eigenvalue weighted by Crippen LogP contribution is -2.48. The number of amides is 2. The number of morpholine rings is 1. The Morgan fingerprint density at radius 1 is 0.854 bits per heavy atom. The van der Waals surface area contributed by atoms with E-state index in [1.807, 2.05) is 30.1 Å².